The zero-order valence-electron chi connectivity index (χ0n) is 15.1. The molecule has 0 bridgehead atoms. The molecule has 2 atom stereocenters. The maximum Gasteiger partial charge on any atom is 0.279 e. The molecule has 5 heteroatoms. The fraction of sp³-hybridized carbons (Fsp3) is 0.650. The summed E-state index contributed by atoms with van der Waals surface area (Å²) in [6.45, 7) is 3.88. The van der Waals surface area contributed by atoms with Crippen LogP contribution in [0.15, 0.2) is 18.2 Å². The Morgan fingerprint density at radius 1 is 1.16 bits per heavy atom. The first kappa shape index (κ1) is 16.7. The zero-order valence-corrected chi connectivity index (χ0v) is 15.1. The van der Waals surface area contributed by atoms with Gasteiger partial charge in [-0.2, -0.15) is 0 Å². The first-order chi connectivity index (χ1) is 12.1. The average molecular weight is 345 g/mol. The maximum atomic E-state index is 12.4. The lowest BCUT2D eigenvalue weighted by atomic mass is 9.94. The quantitative estimate of drug-likeness (QED) is 0.885. The summed E-state index contributed by atoms with van der Waals surface area (Å²) in [5.41, 5.74) is 0.796. The first-order valence-corrected chi connectivity index (χ1v) is 9.80. The van der Waals surface area contributed by atoms with Crippen molar-refractivity contribution in [1.82, 2.24) is 0 Å². The molecule has 0 radical (unpaired) electrons. The second kappa shape index (κ2) is 6.87. The number of nitrogens with one attached hydrogen (secondary N) is 2. The number of carbonyl (C=O) groups is 1. The van der Waals surface area contributed by atoms with E-state index in [4.69, 9.17) is 9.47 Å². The molecule has 25 heavy (non-hydrogen) atoms. The average Bonchev–Trinajstić information content (AvgIpc) is 2.94. The Morgan fingerprint density at radius 2 is 1.96 bits per heavy atom. The Balaban J connectivity index is 1.38. The minimum atomic E-state index is -0.462. The lowest BCUT2D eigenvalue weighted by Gasteiger charge is -2.31. The van der Waals surface area contributed by atoms with Gasteiger partial charge < -0.3 is 19.7 Å². The lowest BCUT2D eigenvalue weighted by Crippen LogP contribution is -3.17. The van der Waals surface area contributed by atoms with Gasteiger partial charge in [0.05, 0.1) is 12.6 Å². The van der Waals surface area contributed by atoms with E-state index < -0.39 is 5.79 Å². The summed E-state index contributed by atoms with van der Waals surface area (Å²) in [7, 11) is 0. The summed E-state index contributed by atoms with van der Waals surface area (Å²) in [6.07, 6.45) is 9.16. The van der Waals surface area contributed by atoms with Gasteiger partial charge in [-0.05, 0) is 51.2 Å². The number of quaternary nitrogens is 1. The third kappa shape index (κ3) is 3.61. The Bertz CT molecular complexity index is 640. The van der Waals surface area contributed by atoms with E-state index in [1.54, 1.807) is 0 Å². The van der Waals surface area contributed by atoms with Crippen molar-refractivity contribution in [3.8, 4) is 11.5 Å². The van der Waals surface area contributed by atoms with Gasteiger partial charge in [-0.3, -0.25) is 4.79 Å². The molecule has 2 aliphatic heterocycles. The van der Waals surface area contributed by atoms with Crippen LogP contribution in [0, 0.1) is 0 Å². The maximum absolute atomic E-state index is 12.4. The standard InChI is InChI=1S/C20H28N2O3/c1-15-7-3-6-12-22(15)14-19(23)21-16-8-9-17-18(13-16)25-20(24-17)10-4-2-5-11-20/h8-9,13,15H,2-7,10-12,14H2,1H3,(H,21,23)/p+1/t15-/m0/s1. The summed E-state index contributed by atoms with van der Waals surface area (Å²) in [5, 5.41) is 3.04. The molecular formula is C20H29N2O3+. The molecule has 5 nitrogen and oxygen atoms in total. The Labute approximate surface area is 149 Å². The molecule has 1 aromatic carbocycles. The van der Waals surface area contributed by atoms with E-state index in [2.05, 4.69) is 12.2 Å². The van der Waals surface area contributed by atoms with Crippen LogP contribution in [0.2, 0.25) is 0 Å². The molecule has 0 aromatic heterocycles. The third-order valence-electron chi connectivity index (χ3n) is 5.90. The number of rotatable bonds is 3. The number of amides is 1. The SMILES string of the molecule is C[C@H]1CCCC[NH+]1CC(=O)Nc1ccc2c(c1)OC1(CCCCC1)O2. The molecule has 1 amide bonds. The second-order valence-corrected chi connectivity index (χ2v) is 7.87. The van der Waals surface area contributed by atoms with E-state index in [-0.39, 0.29) is 5.91 Å². The van der Waals surface area contributed by atoms with E-state index in [9.17, 15) is 4.79 Å². The predicted octanol–water partition coefficient (Wildman–Crippen LogP) is 2.51. The summed E-state index contributed by atoms with van der Waals surface area (Å²) in [6, 6.07) is 6.31. The van der Waals surface area contributed by atoms with Gasteiger partial charge in [0.25, 0.3) is 11.7 Å². The zero-order chi connectivity index (χ0) is 17.3. The number of hydrogen-bond donors (Lipinski definition) is 2. The fourth-order valence-electron chi connectivity index (χ4n) is 4.39. The van der Waals surface area contributed by atoms with Gasteiger partial charge in [0, 0.05) is 24.6 Å². The van der Waals surface area contributed by atoms with E-state index in [0.29, 0.717) is 12.6 Å². The molecule has 1 saturated heterocycles. The van der Waals surface area contributed by atoms with Crippen molar-refractivity contribution in [1.29, 1.82) is 0 Å². The fourth-order valence-corrected chi connectivity index (χ4v) is 4.39. The molecule has 2 fully saturated rings. The number of benzene rings is 1. The summed E-state index contributed by atoms with van der Waals surface area (Å²) in [4.78, 5) is 13.8. The van der Waals surface area contributed by atoms with Crippen molar-refractivity contribution < 1.29 is 19.2 Å². The van der Waals surface area contributed by atoms with Crippen LogP contribution in [0.3, 0.4) is 0 Å². The molecule has 4 rings (SSSR count). The van der Waals surface area contributed by atoms with Crippen LogP contribution >= 0.6 is 0 Å². The molecule has 1 saturated carbocycles. The van der Waals surface area contributed by atoms with Crippen molar-refractivity contribution in [3.63, 3.8) is 0 Å². The molecule has 3 aliphatic rings. The Kier molecular flexibility index (Phi) is 4.59. The van der Waals surface area contributed by atoms with E-state index >= 15 is 0 Å². The van der Waals surface area contributed by atoms with Crippen LogP contribution in [-0.2, 0) is 4.79 Å². The van der Waals surface area contributed by atoms with Gasteiger partial charge >= 0.3 is 0 Å². The minimum Gasteiger partial charge on any atom is -0.448 e. The van der Waals surface area contributed by atoms with Crippen molar-refractivity contribution in [3.05, 3.63) is 18.2 Å². The number of carbonyl (C=O) groups excluding carboxylic acids is 1. The predicted molar refractivity (Wildman–Crippen MR) is 96.2 cm³/mol. The normalized spacial score (nSPS) is 27.2. The molecule has 2 N–H and O–H groups in total. The largest absolute Gasteiger partial charge is 0.448 e. The van der Waals surface area contributed by atoms with Gasteiger partial charge in [-0.25, -0.2) is 0 Å². The van der Waals surface area contributed by atoms with Crippen LogP contribution in [0.4, 0.5) is 5.69 Å². The number of ether oxygens (including phenoxy) is 2. The summed E-state index contributed by atoms with van der Waals surface area (Å²) >= 11 is 0. The monoisotopic (exact) mass is 345 g/mol. The third-order valence-corrected chi connectivity index (χ3v) is 5.90. The molecule has 1 aliphatic carbocycles. The van der Waals surface area contributed by atoms with Crippen LogP contribution < -0.4 is 19.7 Å². The number of likely N-dealkylation sites (tertiary alicyclic amines) is 1. The van der Waals surface area contributed by atoms with Crippen molar-refractivity contribution in [2.45, 2.75) is 70.1 Å². The highest BCUT2D eigenvalue weighted by Crippen LogP contribution is 2.46. The molecular weight excluding hydrogens is 316 g/mol. The van der Waals surface area contributed by atoms with Gasteiger partial charge in [-0.1, -0.05) is 6.42 Å². The molecule has 2 heterocycles. The number of fused-ring (bicyclic) bond motifs is 1. The summed E-state index contributed by atoms with van der Waals surface area (Å²) in [5.74, 6) is 1.18. The first-order valence-electron chi connectivity index (χ1n) is 9.80. The van der Waals surface area contributed by atoms with E-state index in [0.717, 1.165) is 49.4 Å². The Hall–Kier alpha value is -1.75. The lowest BCUT2D eigenvalue weighted by molar-refractivity contribution is -0.920. The molecule has 1 spiro atoms. The highest BCUT2D eigenvalue weighted by atomic mass is 16.7. The van der Waals surface area contributed by atoms with Crippen LogP contribution in [0.5, 0.6) is 11.5 Å². The minimum absolute atomic E-state index is 0.0787. The molecule has 1 unspecified atom stereocenters. The van der Waals surface area contributed by atoms with Gasteiger partial charge in [0.2, 0.25) is 0 Å². The number of piperidine rings is 1. The molecule has 136 valence electrons. The van der Waals surface area contributed by atoms with Crippen LogP contribution in [-0.4, -0.2) is 30.8 Å². The number of anilines is 1. The summed E-state index contributed by atoms with van der Waals surface area (Å²) < 4.78 is 12.2. The van der Waals surface area contributed by atoms with Crippen molar-refractivity contribution in [2.75, 3.05) is 18.4 Å². The van der Waals surface area contributed by atoms with Crippen LogP contribution in [0.25, 0.3) is 0 Å². The smallest absolute Gasteiger partial charge is 0.279 e. The van der Waals surface area contributed by atoms with Crippen molar-refractivity contribution in [2.24, 2.45) is 0 Å². The highest BCUT2D eigenvalue weighted by molar-refractivity contribution is 5.91. The highest BCUT2D eigenvalue weighted by Gasteiger charge is 2.42. The van der Waals surface area contributed by atoms with Crippen LogP contribution in [0.1, 0.15) is 58.3 Å². The second-order valence-electron chi connectivity index (χ2n) is 7.87. The van der Waals surface area contributed by atoms with Gasteiger partial charge in [0.15, 0.2) is 18.0 Å². The van der Waals surface area contributed by atoms with Gasteiger partial charge in [0.1, 0.15) is 0 Å². The van der Waals surface area contributed by atoms with Crippen molar-refractivity contribution >= 4 is 11.6 Å². The van der Waals surface area contributed by atoms with Gasteiger partial charge in [-0.15, -0.1) is 0 Å². The topological polar surface area (TPSA) is 52.0 Å². The number of hydrogen-bond acceptors (Lipinski definition) is 3. The molecule has 1 aromatic rings. The van der Waals surface area contributed by atoms with E-state index in [1.807, 2.05) is 18.2 Å². The Morgan fingerprint density at radius 3 is 2.76 bits per heavy atom. The van der Waals surface area contributed by atoms with E-state index in [1.165, 1.54) is 30.6 Å².